The summed E-state index contributed by atoms with van der Waals surface area (Å²) < 4.78 is 12.1. The van der Waals surface area contributed by atoms with Gasteiger partial charge in [-0.15, -0.1) is 0 Å². The second-order valence-corrected chi connectivity index (χ2v) is 9.66. The molecule has 0 bridgehead atoms. The summed E-state index contributed by atoms with van der Waals surface area (Å²) in [7, 11) is 0. The number of fused-ring (bicyclic) bond motifs is 4. The Kier molecular flexibility index (Phi) is 5.02. The molecule has 0 atom stereocenters. The summed E-state index contributed by atoms with van der Waals surface area (Å²) in [5, 5.41) is 1.86. The molecule has 0 N–H and O–H groups in total. The number of hydrogen-bond acceptors (Lipinski definition) is 4. The average Bonchev–Trinajstić information content (AvgIpc) is 3.32. The van der Waals surface area contributed by atoms with E-state index in [1.165, 1.54) is 5.56 Å². The van der Waals surface area contributed by atoms with Gasteiger partial charge in [-0.25, -0.2) is 9.78 Å². The van der Waals surface area contributed by atoms with Crippen LogP contribution in [0.5, 0.6) is 0 Å². The molecular formula is C34H23NO3. The largest absolute Gasteiger partial charge is 0.454 e. The van der Waals surface area contributed by atoms with Gasteiger partial charge in [0.25, 0.3) is 0 Å². The lowest BCUT2D eigenvalue weighted by Crippen LogP contribution is -2.06. The van der Waals surface area contributed by atoms with Crippen LogP contribution in [0.2, 0.25) is 0 Å². The van der Waals surface area contributed by atoms with E-state index >= 15 is 0 Å². The van der Waals surface area contributed by atoms with Crippen molar-refractivity contribution in [3.05, 3.63) is 125 Å². The van der Waals surface area contributed by atoms with Crippen molar-refractivity contribution in [2.45, 2.75) is 13.8 Å². The van der Waals surface area contributed by atoms with Gasteiger partial charge in [-0.3, -0.25) is 0 Å². The monoisotopic (exact) mass is 493 g/mol. The van der Waals surface area contributed by atoms with Crippen molar-refractivity contribution >= 4 is 33.0 Å². The van der Waals surface area contributed by atoms with Crippen molar-refractivity contribution in [2.24, 2.45) is 0 Å². The summed E-state index contributed by atoms with van der Waals surface area (Å²) in [6.45, 7) is 4.06. The minimum atomic E-state index is -0.333. The predicted molar refractivity (Wildman–Crippen MR) is 153 cm³/mol. The Hall–Kier alpha value is -4.96. The normalized spacial score (nSPS) is 11.5. The van der Waals surface area contributed by atoms with Gasteiger partial charge in [-0.2, -0.15) is 0 Å². The Morgan fingerprint density at radius 2 is 1.34 bits per heavy atom. The Morgan fingerprint density at radius 3 is 2.16 bits per heavy atom. The molecule has 3 aromatic heterocycles. The molecular weight excluding hydrogens is 470 g/mol. The summed E-state index contributed by atoms with van der Waals surface area (Å²) >= 11 is 0. The fourth-order valence-electron chi connectivity index (χ4n) is 5.23. The Bertz CT molecular complexity index is 2050. The van der Waals surface area contributed by atoms with Crippen molar-refractivity contribution in [1.29, 1.82) is 0 Å². The van der Waals surface area contributed by atoms with Crippen LogP contribution in [0.25, 0.3) is 66.5 Å². The smallest absolute Gasteiger partial charge is 0.344 e. The zero-order valence-electron chi connectivity index (χ0n) is 21.0. The zero-order chi connectivity index (χ0) is 25.8. The first kappa shape index (κ1) is 22.3. The number of nitrogens with zero attached hydrogens (tertiary/aromatic N) is 1. The minimum Gasteiger partial charge on any atom is -0.454 e. The molecule has 0 unspecified atom stereocenters. The first-order valence-corrected chi connectivity index (χ1v) is 12.6. The molecule has 182 valence electrons. The topological polar surface area (TPSA) is 56.2 Å². The van der Waals surface area contributed by atoms with Crippen molar-refractivity contribution in [1.82, 2.24) is 4.98 Å². The SMILES string of the molecule is Cc1ccc(-c2cc(-c3ccc4oc(=O)c(-c5ccccc5)c(C)c4c3)nc3c2oc2ccccc23)cc1. The molecule has 0 aliphatic heterocycles. The molecule has 0 spiro atoms. The van der Waals surface area contributed by atoms with Crippen molar-refractivity contribution in [3.8, 4) is 33.5 Å². The number of aromatic nitrogens is 1. The van der Waals surface area contributed by atoms with Crippen LogP contribution in [0.4, 0.5) is 0 Å². The standard InChI is InChI=1S/C34H23NO3/c1-20-12-14-22(15-13-20)27-19-28(35-32-25-10-6-7-11-29(25)37-33(27)32)24-16-17-30-26(18-24)21(2)31(34(36)38-30)23-8-4-3-5-9-23/h3-19H,1-2H3. The molecule has 7 rings (SSSR count). The molecule has 4 aromatic carbocycles. The molecule has 0 radical (unpaired) electrons. The van der Waals surface area contributed by atoms with E-state index < -0.39 is 0 Å². The molecule has 0 saturated carbocycles. The summed E-state index contributed by atoms with van der Waals surface area (Å²) in [6.07, 6.45) is 0. The van der Waals surface area contributed by atoms with E-state index in [0.29, 0.717) is 11.1 Å². The van der Waals surface area contributed by atoms with Gasteiger partial charge in [0.2, 0.25) is 0 Å². The molecule has 4 heteroatoms. The Labute approximate surface area is 218 Å². The summed E-state index contributed by atoms with van der Waals surface area (Å²) in [4.78, 5) is 18.0. The van der Waals surface area contributed by atoms with Crippen molar-refractivity contribution in [2.75, 3.05) is 0 Å². The molecule has 38 heavy (non-hydrogen) atoms. The van der Waals surface area contributed by atoms with Gasteiger partial charge < -0.3 is 8.83 Å². The number of rotatable bonds is 3. The van der Waals surface area contributed by atoms with E-state index in [1.807, 2.05) is 73.7 Å². The fraction of sp³-hybridized carbons (Fsp3) is 0.0588. The number of aryl methyl sites for hydroxylation is 2. The number of hydrogen-bond donors (Lipinski definition) is 0. The third-order valence-corrected chi connectivity index (χ3v) is 7.21. The summed E-state index contributed by atoms with van der Waals surface area (Å²) in [5.74, 6) is 0. The van der Waals surface area contributed by atoms with Crippen LogP contribution in [-0.4, -0.2) is 4.98 Å². The highest BCUT2D eigenvalue weighted by molar-refractivity contribution is 6.08. The van der Waals surface area contributed by atoms with E-state index in [2.05, 4.69) is 43.3 Å². The van der Waals surface area contributed by atoms with Gasteiger partial charge in [0.15, 0.2) is 5.58 Å². The number of furan rings is 1. The lowest BCUT2D eigenvalue weighted by Gasteiger charge is -2.11. The number of benzene rings is 4. The van der Waals surface area contributed by atoms with E-state index in [0.717, 1.165) is 61.0 Å². The fourth-order valence-corrected chi connectivity index (χ4v) is 5.23. The van der Waals surface area contributed by atoms with Gasteiger partial charge in [-0.05, 0) is 66.9 Å². The maximum Gasteiger partial charge on any atom is 0.344 e. The third kappa shape index (κ3) is 3.53. The maximum atomic E-state index is 12.9. The van der Waals surface area contributed by atoms with Gasteiger partial charge in [0, 0.05) is 21.9 Å². The second-order valence-electron chi connectivity index (χ2n) is 9.66. The van der Waals surface area contributed by atoms with Crippen LogP contribution in [0, 0.1) is 13.8 Å². The highest BCUT2D eigenvalue weighted by atomic mass is 16.4. The van der Waals surface area contributed by atoms with E-state index in [1.54, 1.807) is 0 Å². The molecule has 0 fully saturated rings. The lowest BCUT2D eigenvalue weighted by molar-refractivity contribution is 0.562. The molecule has 0 aliphatic carbocycles. The van der Waals surface area contributed by atoms with Gasteiger partial charge >= 0.3 is 5.63 Å². The van der Waals surface area contributed by atoms with Crippen LogP contribution in [-0.2, 0) is 0 Å². The second kappa shape index (κ2) is 8.56. The molecule has 3 heterocycles. The quantitative estimate of drug-likeness (QED) is 0.231. The summed E-state index contributed by atoms with van der Waals surface area (Å²) in [6, 6.07) is 34.1. The van der Waals surface area contributed by atoms with Gasteiger partial charge in [0.1, 0.15) is 16.7 Å². The van der Waals surface area contributed by atoms with E-state index in [4.69, 9.17) is 13.8 Å². The average molecular weight is 494 g/mol. The Morgan fingerprint density at radius 1 is 0.632 bits per heavy atom. The highest BCUT2D eigenvalue weighted by Crippen LogP contribution is 2.38. The summed E-state index contributed by atoms with van der Waals surface area (Å²) in [5.41, 5.74) is 9.97. The molecule has 4 nitrogen and oxygen atoms in total. The zero-order valence-corrected chi connectivity index (χ0v) is 21.0. The van der Waals surface area contributed by atoms with Crippen LogP contribution >= 0.6 is 0 Å². The molecule has 7 aromatic rings. The molecule has 0 aliphatic rings. The van der Waals surface area contributed by atoms with Crippen LogP contribution in [0.1, 0.15) is 11.1 Å². The van der Waals surface area contributed by atoms with Crippen molar-refractivity contribution < 1.29 is 8.83 Å². The molecule has 0 saturated heterocycles. The van der Waals surface area contributed by atoms with Crippen LogP contribution in [0.15, 0.2) is 117 Å². The maximum absolute atomic E-state index is 12.9. The lowest BCUT2D eigenvalue weighted by atomic mass is 9.97. The molecule has 0 amide bonds. The van der Waals surface area contributed by atoms with Crippen LogP contribution in [0.3, 0.4) is 0 Å². The van der Waals surface area contributed by atoms with E-state index in [9.17, 15) is 4.79 Å². The van der Waals surface area contributed by atoms with Gasteiger partial charge in [-0.1, -0.05) is 72.3 Å². The van der Waals surface area contributed by atoms with Crippen molar-refractivity contribution in [3.63, 3.8) is 0 Å². The minimum absolute atomic E-state index is 0.333. The van der Waals surface area contributed by atoms with E-state index in [-0.39, 0.29) is 5.63 Å². The Balaban J connectivity index is 1.49. The third-order valence-electron chi connectivity index (χ3n) is 7.21. The number of para-hydroxylation sites is 1. The van der Waals surface area contributed by atoms with Gasteiger partial charge in [0.05, 0.1) is 11.3 Å². The first-order chi connectivity index (χ1) is 18.6. The number of pyridine rings is 1. The van der Waals surface area contributed by atoms with Crippen LogP contribution < -0.4 is 5.63 Å². The first-order valence-electron chi connectivity index (χ1n) is 12.6. The highest BCUT2D eigenvalue weighted by Gasteiger charge is 2.18. The predicted octanol–water partition coefficient (Wildman–Crippen LogP) is 8.71.